The van der Waals surface area contributed by atoms with E-state index in [9.17, 15) is 4.79 Å². The van der Waals surface area contributed by atoms with Crippen molar-refractivity contribution >= 4 is 5.78 Å². The fraction of sp³-hybridized carbons (Fsp3) is 0.923. The minimum atomic E-state index is -0.362. The highest BCUT2D eigenvalue weighted by Gasteiger charge is 2.44. The first kappa shape index (κ1) is 15.0. The second-order valence-electron chi connectivity index (χ2n) is 7.05. The molecule has 0 aliphatic carbocycles. The Bertz CT molecular complexity index is 371. The SMILES string of the molecule is CC(C)(C)C(=O)[C@@H]1C[C@@H](N=[N+]=[N-])CN1C(C)(C)C. The molecule has 1 aliphatic heterocycles. The summed E-state index contributed by atoms with van der Waals surface area (Å²) in [7, 11) is 0. The Morgan fingerprint density at radius 2 is 1.83 bits per heavy atom. The largest absolute Gasteiger partial charge is 0.297 e. The van der Waals surface area contributed by atoms with Gasteiger partial charge in [0.15, 0.2) is 5.78 Å². The lowest BCUT2D eigenvalue weighted by Gasteiger charge is -2.38. The van der Waals surface area contributed by atoms with Crippen LogP contribution in [0.25, 0.3) is 10.4 Å². The lowest BCUT2D eigenvalue weighted by molar-refractivity contribution is -0.132. The summed E-state index contributed by atoms with van der Waals surface area (Å²) in [6.07, 6.45) is 0.636. The molecule has 0 amide bonds. The molecule has 0 aromatic carbocycles. The molecular formula is C13H24N4O. The molecule has 1 fully saturated rings. The summed E-state index contributed by atoms with van der Waals surface area (Å²) < 4.78 is 0. The van der Waals surface area contributed by atoms with Crippen molar-refractivity contribution in [1.82, 2.24) is 4.90 Å². The van der Waals surface area contributed by atoms with Crippen molar-refractivity contribution < 1.29 is 4.79 Å². The molecule has 1 aliphatic rings. The zero-order valence-corrected chi connectivity index (χ0v) is 12.3. The predicted molar refractivity (Wildman–Crippen MR) is 72.3 cm³/mol. The van der Waals surface area contributed by atoms with Crippen LogP contribution in [0.5, 0.6) is 0 Å². The van der Waals surface area contributed by atoms with Crippen LogP contribution in [0.4, 0.5) is 0 Å². The summed E-state index contributed by atoms with van der Waals surface area (Å²) in [6, 6.07) is -0.231. The minimum absolute atomic E-state index is 0.0920. The molecule has 102 valence electrons. The third kappa shape index (κ3) is 3.24. The van der Waals surface area contributed by atoms with Gasteiger partial charge in [-0.05, 0) is 32.7 Å². The molecule has 0 N–H and O–H groups in total. The summed E-state index contributed by atoms with van der Waals surface area (Å²) in [6.45, 7) is 12.8. The van der Waals surface area contributed by atoms with E-state index >= 15 is 0 Å². The number of Topliss-reactive ketones (excluding diaryl/α,β-unsaturated/α-hetero) is 1. The van der Waals surface area contributed by atoms with Crippen LogP contribution >= 0.6 is 0 Å². The molecule has 0 radical (unpaired) electrons. The summed E-state index contributed by atoms with van der Waals surface area (Å²) in [4.78, 5) is 17.5. The fourth-order valence-electron chi connectivity index (χ4n) is 2.46. The number of azide groups is 1. The van der Waals surface area contributed by atoms with Gasteiger partial charge < -0.3 is 0 Å². The Morgan fingerprint density at radius 3 is 2.22 bits per heavy atom. The molecule has 18 heavy (non-hydrogen) atoms. The number of carbonyl (C=O) groups is 1. The number of likely N-dealkylation sites (tertiary alicyclic amines) is 1. The molecule has 0 aromatic rings. The van der Waals surface area contributed by atoms with Gasteiger partial charge in [0.2, 0.25) is 0 Å². The van der Waals surface area contributed by atoms with Gasteiger partial charge in [-0.3, -0.25) is 9.69 Å². The maximum Gasteiger partial charge on any atom is 0.155 e. The van der Waals surface area contributed by atoms with Gasteiger partial charge in [-0.15, -0.1) is 0 Å². The Kier molecular flexibility index (Phi) is 4.08. The molecule has 0 unspecified atom stereocenters. The van der Waals surface area contributed by atoms with E-state index in [1.54, 1.807) is 0 Å². The summed E-state index contributed by atoms with van der Waals surface area (Å²) >= 11 is 0. The van der Waals surface area contributed by atoms with Gasteiger partial charge in [-0.25, -0.2) is 0 Å². The van der Waals surface area contributed by atoms with Crippen molar-refractivity contribution in [2.45, 2.75) is 65.6 Å². The van der Waals surface area contributed by atoms with Gasteiger partial charge in [-0.2, -0.15) is 0 Å². The average molecular weight is 252 g/mol. The maximum absolute atomic E-state index is 12.5. The van der Waals surface area contributed by atoms with Crippen molar-refractivity contribution in [2.75, 3.05) is 6.54 Å². The van der Waals surface area contributed by atoms with Crippen molar-refractivity contribution in [3.05, 3.63) is 10.4 Å². The lowest BCUT2D eigenvalue weighted by Crippen LogP contribution is -2.50. The molecular weight excluding hydrogens is 228 g/mol. The van der Waals surface area contributed by atoms with Gasteiger partial charge in [0.25, 0.3) is 0 Å². The van der Waals surface area contributed by atoms with Crippen molar-refractivity contribution in [2.24, 2.45) is 10.5 Å². The van der Waals surface area contributed by atoms with E-state index in [0.717, 1.165) is 0 Å². The van der Waals surface area contributed by atoms with Crippen LogP contribution in [0.1, 0.15) is 48.0 Å². The van der Waals surface area contributed by atoms with E-state index in [4.69, 9.17) is 5.53 Å². The zero-order valence-electron chi connectivity index (χ0n) is 12.3. The average Bonchev–Trinajstić information content (AvgIpc) is 2.59. The molecule has 1 rings (SSSR count). The second kappa shape index (κ2) is 4.90. The lowest BCUT2D eigenvalue weighted by atomic mass is 9.84. The van der Waals surface area contributed by atoms with Crippen LogP contribution in [0, 0.1) is 5.41 Å². The number of carbonyl (C=O) groups excluding carboxylic acids is 1. The molecule has 5 nitrogen and oxygen atoms in total. The highest BCUT2D eigenvalue weighted by Crippen LogP contribution is 2.33. The molecule has 1 heterocycles. The molecule has 0 saturated carbocycles. The van der Waals surface area contributed by atoms with Gasteiger partial charge in [0, 0.05) is 22.4 Å². The van der Waals surface area contributed by atoms with Crippen LogP contribution in [0.2, 0.25) is 0 Å². The van der Waals surface area contributed by atoms with E-state index in [2.05, 4.69) is 35.7 Å². The third-order valence-corrected chi connectivity index (χ3v) is 3.40. The Hall–Kier alpha value is -1.06. The van der Waals surface area contributed by atoms with Crippen molar-refractivity contribution in [3.63, 3.8) is 0 Å². The molecule has 2 atom stereocenters. The summed E-state index contributed by atoms with van der Waals surface area (Å²) in [5.74, 6) is 0.230. The first-order chi connectivity index (χ1) is 8.07. The Balaban J connectivity index is 3.00. The summed E-state index contributed by atoms with van der Waals surface area (Å²) in [5.41, 5.74) is 8.10. The van der Waals surface area contributed by atoms with E-state index in [1.807, 2.05) is 20.8 Å². The predicted octanol–water partition coefficient (Wildman–Crippen LogP) is 3.15. The number of nitrogens with zero attached hydrogens (tertiary/aromatic N) is 4. The van der Waals surface area contributed by atoms with Gasteiger partial charge in [-0.1, -0.05) is 25.9 Å². The monoisotopic (exact) mass is 252 g/mol. The molecule has 0 bridgehead atoms. The number of hydrogen-bond acceptors (Lipinski definition) is 3. The minimum Gasteiger partial charge on any atom is -0.297 e. The zero-order chi connectivity index (χ0) is 14.1. The van der Waals surface area contributed by atoms with Crippen LogP contribution in [0.3, 0.4) is 0 Å². The van der Waals surface area contributed by atoms with Crippen LogP contribution in [-0.2, 0) is 4.79 Å². The van der Waals surface area contributed by atoms with Gasteiger partial charge in [0.1, 0.15) is 0 Å². The number of hydrogen-bond donors (Lipinski definition) is 0. The van der Waals surface area contributed by atoms with Crippen LogP contribution < -0.4 is 0 Å². The quantitative estimate of drug-likeness (QED) is 0.430. The molecule has 5 heteroatoms. The topological polar surface area (TPSA) is 69.1 Å². The third-order valence-electron chi connectivity index (χ3n) is 3.40. The van der Waals surface area contributed by atoms with Gasteiger partial charge in [0.05, 0.1) is 12.1 Å². The van der Waals surface area contributed by atoms with Crippen molar-refractivity contribution in [1.29, 1.82) is 0 Å². The first-order valence-corrected chi connectivity index (χ1v) is 6.42. The van der Waals surface area contributed by atoms with Gasteiger partial charge >= 0.3 is 0 Å². The van der Waals surface area contributed by atoms with E-state index in [0.29, 0.717) is 13.0 Å². The Labute approximate surface area is 109 Å². The van der Waals surface area contributed by atoms with Crippen LogP contribution in [0.15, 0.2) is 5.11 Å². The van der Waals surface area contributed by atoms with E-state index in [-0.39, 0.29) is 28.8 Å². The van der Waals surface area contributed by atoms with E-state index in [1.165, 1.54) is 0 Å². The van der Waals surface area contributed by atoms with Crippen LogP contribution in [-0.4, -0.2) is 34.9 Å². The number of rotatable bonds is 2. The second-order valence-corrected chi connectivity index (χ2v) is 7.05. The summed E-state index contributed by atoms with van der Waals surface area (Å²) in [5, 5.41) is 3.79. The highest BCUT2D eigenvalue weighted by atomic mass is 16.1. The van der Waals surface area contributed by atoms with Crippen molar-refractivity contribution in [3.8, 4) is 0 Å². The molecule has 0 spiro atoms. The smallest absolute Gasteiger partial charge is 0.155 e. The Morgan fingerprint density at radius 1 is 1.28 bits per heavy atom. The number of ketones is 1. The first-order valence-electron chi connectivity index (χ1n) is 6.42. The fourth-order valence-corrected chi connectivity index (χ4v) is 2.46. The molecule has 1 saturated heterocycles. The molecule has 0 aromatic heterocycles. The maximum atomic E-state index is 12.5. The van der Waals surface area contributed by atoms with E-state index < -0.39 is 0 Å². The highest BCUT2D eigenvalue weighted by molar-refractivity contribution is 5.89. The standard InChI is InChI=1S/C13H24N4O/c1-12(2,3)11(18)10-7-9(15-16-14)8-17(10)13(4,5)6/h9-10H,7-8H2,1-6H3/t9-,10+/m1/s1. The normalized spacial score (nSPS) is 25.9.